The molecule has 0 bridgehead atoms. The lowest BCUT2D eigenvalue weighted by atomic mass is 10.1. The van der Waals surface area contributed by atoms with Crippen LogP contribution in [0.3, 0.4) is 0 Å². The van der Waals surface area contributed by atoms with Crippen molar-refractivity contribution in [1.82, 2.24) is 9.88 Å². The van der Waals surface area contributed by atoms with E-state index in [0.29, 0.717) is 18.8 Å². The lowest BCUT2D eigenvalue weighted by Crippen LogP contribution is -2.31. The Labute approximate surface area is 127 Å². The first-order chi connectivity index (χ1) is 10.1. The van der Waals surface area contributed by atoms with Crippen LogP contribution in [0.15, 0.2) is 18.3 Å². The Morgan fingerprint density at radius 2 is 2.14 bits per heavy atom. The van der Waals surface area contributed by atoms with Crippen molar-refractivity contribution in [3.63, 3.8) is 0 Å². The number of carbonyl (C=O) groups excluding carboxylic acids is 1. The van der Waals surface area contributed by atoms with Gasteiger partial charge in [0.05, 0.1) is 0 Å². The zero-order valence-electron chi connectivity index (χ0n) is 13.4. The van der Waals surface area contributed by atoms with Gasteiger partial charge in [0.1, 0.15) is 5.69 Å². The lowest BCUT2D eigenvalue weighted by molar-refractivity contribution is 0.0767. The molecule has 21 heavy (non-hydrogen) atoms. The third-order valence-corrected chi connectivity index (χ3v) is 4.43. The molecule has 2 unspecified atom stereocenters. The van der Waals surface area contributed by atoms with E-state index in [4.69, 9.17) is 0 Å². The van der Waals surface area contributed by atoms with E-state index in [1.807, 2.05) is 26.0 Å². The summed E-state index contributed by atoms with van der Waals surface area (Å²) in [6.45, 7) is 8.74. The van der Waals surface area contributed by atoms with Crippen LogP contribution < -0.4 is 5.32 Å². The summed E-state index contributed by atoms with van der Waals surface area (Å²) in [4.78, 5) is 18.3. The highest BCUT2D eigenvalue weighted by molar-refractivity contribution is 5.93. The smallest absolute Gasteiger partial charge is 0.272 e. The maximum absolute atomic E-state index is 12.3. The van der Waals surface area contributed by atoms with Gasteiger partial charge in [-0.3, -0.25) is 9.78 Å². The molecule has 0 saturated heterocycles. The van der Waals surface area contributed by atoms with Gasteiger partial charge in [-0.2, -0.15) is 0 Å². The number of anilines is 1. The molecule has 1 amide bonds. The molecular formula is C17H27N3O. The second-order valence-corrected chi connectivity index (χ2v) is 6.07. The van der Waals surface area contributed by atoms with Crippen LogP contribution in [0.1, 0.15) is 50.5 Å². The standard InChI is InChI=1S/C17H27N3O/c1-4-20(5-2)17(21)16-11-15(8-9-18-16)19-12-14-7-6-13(3)10-14/h8-9,11,13-14H,4-7,10,12H2,1-3H3,(H,18,19). The van der Waals surface area contributed by atoms with Crippen molar-refractivity contribution in [1.29, 1.82) is 0 Å². The van der Waals surface area contributed by atoms with E-state index in [9.17, 15) is 4.79 Å². The summed E-state index contributed by atoms with van der Waals surface area (Å²) in [6, 6.07) is 3.82. The van der Waals surface area contributed by atoms with Gasteiger partial charge < -0.3 is 10.2 Å². The van der Waals surface area contributed by atoms with Crippen molar-refractivity contribution in [3.05, 3.63) is 24.0 Å². The highest BCUT2D eigenvalue weighted by atomic mass is 16.2. The Morgan fingerprint density at radius 1 is 1.38 bits per heavy atom. The molecule has 1 fully saturated rings. The molecule has 2 rings (SSSR count). The predicted octanol–water partition coefficient (Wildman–Crippen LogP) is 3.41. The maximum Gasteiger partial charge on any atom is 0.272 e. The minimum absolute atomic E-state index is 0.0122. The van der Waals surface area contributed by atoms with Crippen molar-refractivity contribution in [3.8, 4) is 0 Å². The first kappa shape index (κ1) is 15.8. The average molecular weight is 289 g/mol. The summed E-state index contributed by atoms with van der Waals surface area (Å²) in [5.74, 6) is 1.63. The van der Waals surface area contributed by atoms with Gasteiger partial charge in [-0.25, -0.2) is 0 Å². The largest absolute Gasteiger partial charge is 0.385 e. The van der Waals surface area contributed by atoms with E-state index in [2.05, 4.69) is 17.2 Å². The molecule has 1 aliphatic rings. The van der Waals surface area contributed by atoms with Crippen LogP contribution in [-0.2, 0) is 0 Å². The first-order valence-electron chi connectivity index (χ1n) is 8.13. The number of carbonyl (C=O) groups is 1. The fourth-order valence-electron chi connectivity index (χ4n) is 3.10. The van der Waals surface area contributed by atoms with E-state index in [1.54, 1.807) is 11.1 Å². The monoisotopic (exact) mass is 289 g/mol. The Bertz CT molecular complexity index is 471. The number of hydrogen-bond acceptors (Lipinski definition) is 3. The third-order valence-electron chi connectivity index (χ3n) is 4.43. The molecule has 4 heteroatoms. The van der Waals surface area contributed by atoms with Crippen LogP contribution in [0.4, 0.5) is 5.69 Å². The highest BCUT2D eigenvalue weighted by Gasteiger charge is 2.21. The molecule has 1 saturated carbocycles. The Morgan fingerprint density at radius 3 is 2.76 bits per heavy atom. The van der Waals surface area contributed by atoms with Gasteiger partial charge in [0.15, 0.2) is 0 Å². The van der Waals surface area contributed by atoms with Crippen molar-refractivity contribution in [2.24, 2.45) is 11.8 Å². The molecule has 1 aromatic rings. The molecule has 1 aromatic heterocycles. The normalized spacial score (nSPS) is 21.3. The van der Waals surface area contributed by atoms with Crippen molar-refractivity contribution < 1.29 is 4.79 Å². The summed E-state index contributed by atoms with van der Waals surface area (Å²) in [5.41, 5.74) is 1.53. The van der Waals surface area contributed by atoms with E-state index in [-0.39, 0.29) is 5.91 Å². The fraction of sp³-hybridized carbons (Fsp3) is 0.647. The molecule has 116 valence electrons. The van der Waals surface area contributed by atoms with Crippen molar-refractivity contribution >= 4 is 11.6 Å². The summed E-state index contributed by atoms with van der Waals surface area (Å²) in [7, 11) is 0. The summed E-state index contributed by atoms with van der Waals surface area (Å²) in [5, 5.41) is 3.47. The highest BCUT2D eigenvalue weighted by Crippen LogP contribution is 2.30. The number of pyridine rings is 1. The fourth-order valence-corrected chi connectivity index (χ4v) is 3.10. The number of rotatable bonds is 6. The van der Waals surface area contributed by atoms with Gasteiger partial charge in [-0.1, -0.05) is 13.3 Å². The second-order valence-electron chi connectivity index (χ2n) is 6.07. The van der Waals surface area contributed by atoms with Gasteiger partial charge in [0, 0.05) is 31.5 Å². The SMILES string of the molecule is CCN(CC)C(=O)c1cc(NCC2CCC(C)C2)ccn1. The minimum atomic E-state index is 0.0122. The second kappa shape index (κ2) is 7.43. The molecular weight excluding hydrogens is 262 g/mol. The summed E-state index contributed by atoms with van der Waals surface area (Å²) < 4.78 is 0. The lowest BCUT2D eigenvalue weighted by Gasteiger charge is -2.18. The van der Waals surface area contributed by atoms with Crippen LogP contribution in [0, 0.1) is 11.8 Å². The number of amides is 1. The zero-order chi connectivity index (χ0) is 15.2. The van der Waals surface area contributed by atoms with Gasteiger partial charge in [0.25, 0.3) is 5.91 Å². The quantitative estimate of drug-likeness (QED) is 0.873. The molecule has 0 aliphatic heterocycles. The number of nitrogens with zero attached hydrogens (tertiary/aromatic N) is 2. The summed E-state index contributed by atoms with van der Waals surface area (Å²) >= 11 is 0. The maximum atomic E-state index is 12.3. The van der Waals surface area contributed by atoms with Crippen LogP contribution in [0.25, 0.3) is 0 Å². The van der Waals surface area contributed by atoms with Crippen LogP contribution in [-0.4, -0.2) is 35.4 Å². The predicted molar refractivity (Wildman–Crippen MR) is 86.5 cm³/mol. The minimum Gasteiger partial charge on any atom is -0.385 e. The zero-order valence-corrected chi connectivity index (χ0v) is 13.4. The molecule has 1 heterocycles. The van der Waals surface area contributed by atoms with E-state index >= 15 is 0 Å². The number of hydrogen-bond donors (Lipinski definition) is 1. The molecule has 0 spiro atoms. The van der Waals surface area contributed by atoms with E-state index in [1.165, 1.54) is 19.3 Å². The van der Waals surface area contributed by atoms with E-state index < -0.39 is 0 Å². The Hall–Kier alpha value is -1.58. The van der Waals surface area contributed by atoms with Gasteiger partial charge >= 0.3 is 0 Å². The summed E-state index contributed by atoms with van der Waals surface area (Å²) in [6.07, 6.45) is 5.68. The van der Waals surface area contributed by atoms with Gasteiger partial charge in [-0.15, -0.1) is 0 Å². The number of aromatic nitrogens is 1. The van der Waals surface area contributed by atoms with Gasteiger partial charge in [-0.05, 0) is 50.7 Å². The first-order valence-corrected chi connectivity index (χ1v) is 8.13. The molecule has 4 nitrogen and oxygen atoms in total. The topological polar surface area (TPSA) is 45.2 Å². The van der Waals surface area contributed by atoms with Crippen molar-refractivity contribution in [2.75, 3.05) is 25.0 Å². The van der Waals surface area contributed by atoms with E-state index in [0.717, 1.165) is 24.1 Å². The molecule has 0 aromatic carbocycles. The van der Waals surface area contributed by atoms with Crippen molar-refractivity contribution in [2.45, 2.75) is 40.0 Å². The Kier molecular flexibility index (Phi) is 5.59. The average Bonchev–Trinajstić information content (AvgIpc) is 2.92. The Balaban J connectivity index is 1.95. The molecule has 1 N–H and O–H groups in total. The van der Waals surface area contributed by atoms with Crippen LogP contribution in [0.2, 0.25) is 0 Å². The van der Waals surface area contributed by atoms with Crippen LogP contribution >= 0.6 is 0 Å². The van der Waals surface area contributed by atoms with Crippen LogP contribution in [0.5, 0.6) is 0 Å². The van der Waals surface area contributed by atoms with Gasteiger partial charge in [0.2, 0.25) is 0 Å². The molecule has 1 aliphatic carbocycles. The third kappa shape index (κ3) is 4.19. The molecule has 2 atom stereocenters. The molecule has 0 radical (unpaired) electrons. The number of nitrogens with one attached hydrogen (secondary N) is 1.